The molecule has 0 spiro atoms. The van der Waals surface area contributed by atoms with Crippen LogP contribution in [0.25, 0.3) is 10.9 Å². The van der Waals surface area contributed by atoms with E-state index in [1.807, 2.05) is 12.3 Å². The maximum absolute atomic E-state index is 4.35. The topological polar surface area (TPSA) is 16.1 Å². The van der Waals surface area contributed by atoms with Gasteiger partial charge in [-0.1, -0.05) is 28.1 Å². The van der Waals surface area contributed by atoms with E-state index in [0.29, 0.717) is 0 Å². The van der Waals surface area contributed by atoms with Crippen molar-refractivity contribution in [3.63, 3.8) is 0 Å². The molecule has 0 unspecified atom stereocenters. The van der Waals surface area contributed by atoms with Gasteiger partial charge in [0.15, 0.2) is 0 Å². The molecule has 0 amide bonds. The largest absolute Gasteiger partial charge is 0.296 e. The van der Waals surface area contributed by atoms with Crippen LogP contribution in [0.2, 0.25) is 0 Å². The Balaban J connectivity index is 2.22. The standard InChI is InChI=1S/C15H19BrN2/c1-15(2,11-16)18(3)10-12-6-7-14-13(9-12)5-4-8-17-14/h4-9H,10-11H2,1-3H3. The number of alkyl halides is 1. The van der Waals surface area contributed by atoms with Gasteiger partial charge >= 0.3 is 0 Å². The van der Waals surface area contributed by atoms with E-state index < -0.39 is 0 Å². The van der Waals surface area contributed by atoms with Gasteiger partial charge in [0, 0.05) is 29.0 Å². The zero-order valence-electron chi connectivity index (χ0n) is 11.2. The number of hydrogen-bond donors (Lipinski definition) is 0. The van der Waals surface area contributed by atoms with E-state index >= 15 is 0 Å². The van der Waals surface area contributed by atoms with Crippen molar-refractivity contribution in [2.45, 2.75) is 25.9 Å². The van der Waals surface area contributed by atoms with E-state index in [9.17, 15) is 0 Å². The lowest BCUT2D eigenvalue weighted by Crippen LogP contribution is -2.41. The molecular weight excluding hydrogens is 288 g/mol. The molecule has 1 aromatic heterocycles. The smallest absolute Gasteiger partial charge is 0.0702 e. The second-order valence-corrected chi connectivity index (χ2v) is 5.89. The van der Waals surface area contributed by atoms with Crippen LogP contribution in [0, 0.1) is 0 Å². The molecule has 1 heterocycles. The van der Waals surface area contributed by atoms with Crippen molar-refractivity contribution < 1.29 is 0 Å². The first-order valence-corrected chi connectivity index (χ1v) is 7.26. The number of benzene rings is 1. The number of rotatable bonds is 4. The highest BCUT2D eigenvalue weighted by Gasteiger charge is 2.21. The monoisotopic (exact) mass is 306 g/mol. The van der Waals surface area contributed by atoms with Gasteiger partial charge in [-0.25, -0.2) is 0 Å². The maximum Gasteiger partial charge on any atom is 0.0702 e. The summed E-state index contributed by atoms with van der Waals surface area (Å²) in [7, 11) is 2.16. The van der Waals surface area contributed by atoms with E-state index in [0.717, 1.165) is 17.4 Å². The molecule has 18 heavy (non-hydrogen) atoms. The highest BCUT2D eigenvalue weighted by molar-refractivity contribution is 9.09. The number of hydrogen-bond acceptors (Lipinski definition) is 2. The zero-order chi connectivity index (χ0) is 13.2. The highest BCUT2D eigenvalue weighted by Crippen LogP contribution is 2.20. The van der Waals surface area contributed by atoms with Crippen molar-refractivity contribution in [3.8, 4) is 0 Å². The van der Waals surface area contributed by atoms with Gasteiger partial charge in [-0.15, -0.1) is 0 Å². The summed E-state index contributed by atoms with van der Waals surface area (Å²) in [6, 6.07) is 10.6. The van der Waals surface area contributed by atoms with Crippen LogP contribution in [-0.4, -0.2) is 27.8 Å². The van der Waals surface area contributed by atoms with E-state index in [-0.39, 0.29) is 5.54 Å². The van der Waals surface area contributed by atoms with Crippen molar-refractivity contribution in [1.29, 1.82) is 0 Å². The Labute approximate surface area is 117 Å². The van der Waals surface area contributed by atoms with Crippen LogP contribution in [0.1, 0.15) is 19.4 Å². The third kappa shape index (κ3) is 2.90. The number of pyridine rings is 1. The van der Waals surface area contributed by atoms with Gasteiger partial charge in [0.25, 0.3) is 0 Å². The summed E-state index contributed by atoms with van der Waals surface area (Å²) in [6.45, 7) is 5.43. The molecule has 0 bridgehead atoms. The predicted molar refractivity (Wildman–Crippen MR) is 81.1 cm³/mol. The van der Waals surface area contributed by atoms with Crippen molar-refractivity contribution in [1.82, 2.24) is 9.88 Å². The first-order chi connectivity index (χ1) is 8.53. The molecule has 3 heteroatoms. The molecule has 0 saturated carbocycles. The Morgan fingerprint density at radius 2 is 2.06 bits per heavy atom. The maximum atomic E-state index is 4.35. The number of nitrogens with zero attached hydrogens (tertiary/aromatic N) is 2. The van der Waals surface area contributed by atoms with Gasteiger partial charge < -0.3 is 0 Å². The van der Waals surface area contributed by atoms with E-state index in [2.05, 4.69) is 71.0 Å². The van der Waals surface area contributed by atoms with Crippen LogP contribution in [0.4, 0.5) is 0 Å². The molecular formula is C15H19BrN2. The fourth-order valence-corrected chi connectivity index (χ4v) is 2.24. The fourth-order valence-electron chi connectivity index (χ4n) is 1.81. The third-order valence-electron chi connectivity index (χ3n) is 3.45. The SMILES string of the molecule is CN(Cc1ccc2ncccc2c1)C(C)(C)CBr. The number of halogens is 1. The molecule has 1 aromatic carbocycles. The van der Waals surface area contributed by atoms with Crippen molar-refractivity contribution in [2.75, 3.05) is 12.4 Å². The Morgan fingerprint density at radius 3 is 2.78 bits per heavy atom. The summed E-state index contributed by atoms with van der Waals surface area (Å²) < 4.78 is 0. The van der Waals surface area contributed by atoms with Crippen LogP contribution in [0.5, 0.6) is 0 Å². The van der Waals surface area contributed by atoms with Crippen LogP contribution < -0.4 is 0 Å². The second-order valence-electron chi connectivity index (χ2n) is 5.33. The summed E-state index contributed by atoms with van der Waals surface area (Å²) >= 11 is 3.57. The molecule has 2 nitrogen and oxygen atoms in total. The summed E-state index contributed by atoms with van der Waals surface area (Å²) in [5, 5.41) is 2.17. The van der Waals surface area contributed by atoms with Gasteiger partial charge in [0.05, 0.1) is 5.52 Å². The van der Waals surface area contributed by atoms with Crippen LogP contribution in [0.15, 0.2) is 36.5 Å². The molecule has 2 rings (SSSR count). The van der Waals surface area contributed by atoms with Gasteiger partial charge in [-0.05, 0) is 44.7 Å². The molecule has 0 atom stereocenters. The summed E-state index contributed by atoms with van der Waals surface area (Å²) in [5.41, 5.74) is 2.54. The molecule has 0 N–H and O–H groups in total. The van der Waals surface area contributed by atoms with Gasteiger partial charge in [-0.3, -0.25) is 9.88 Å². The van der Waals surface area contributed by atoms with Crippen molar-refractivity contribution >= 4 is 26.8 Å². The molecule has 2 aromatic rings. The summed E-state index contributed by atoms with van der Waals surface area (Å²) in [4.78, 5) is 6.71. The molecule has 96 valence electrons. The average molecular weight is 307 g/mol. The minimum atomic E-state index is 0.157. The highest BCUT2D eigenvalue weighted by atomic mass is 79.9. The number of aromatic nitrogens is 1. The van der Waals surface area contributed by atoms with Gasteiger partial charge in [0.2, 0.25) is 0 Å². The average Bonchev–Trinajstić information content (AvgIpc) is 2.38. The molecule has 0 aliphatic carbocycles. The minimum Gasteiger partial charge on any atom is -0.296 e. The lowest BCUT2D eigenvalue weighted by atomic mass is 10.0. The van der Waals surface area contributed by atoms with Gasteiger partial charge in [0.1, 0.15) is 0 Å². The summed E-state index contributed by atoms with van der Waals surface area (Å²) in [5.74, 6) is 0. The third-order valence-corrected chi connectivity index (χ3v) is 4.82. The quantitative estimate of drug-likeness (QED) is 0.798. The Hall–Kier alpha value is -0.930. The van der Waals surface area contributed by atoms with E-state index in [1.165, 1.54) is 10.9 Å². The Kier molecular flexibility index (Phi) is 4.03. The molecule has 0 saturated heterocycles. The number of fused-ring (bicyclic) bond motifs is 1. The zero-order valence-corrected chi connectivity index (χ0v) is 12.7. The second kappa shape index (κ2) is 5.37. The van der Waals surface area contributed by atoms with Crippen LogP contribution in [0.3, 0.4) is 0 Å². The lowest BCUT2D eigenvalue weighted by molar-refractivity contribution is 0.173. The Morgan fingerprint density at radius 1 is 1.28 bits per heavy atom. The predicted octanol–water partition coefficient (Wildman–Crippen LogP) is 3.84. The first kappa shape index (κ1) is 13.5. The molecule has 0 radical (unpaired) electrons. The Bertz CT molecular complexity index is 537. The van der Waals surface area contributed by atoms with E-state index in [4.69, 9.17) is 0 Å². The lowest BCUT2D eigenvalue weighted by Gasteiger charge is -2.34. The van der Waals surface area contributed by atoms with E-state index in [1.54, 1.807) is 0 Å². The molecule has 0 aliphatic rings. The van der Waals surface area contributed by atoms with Crippen molar-refractivity contribution in [2.24, 2.45) is 0 Å². The molecule has 0 fully saturated rings. The van der Waals surface area contributed by atoms with Crippen LogP contribution >= 0.6 is 15.9 Å². The van der Waals surface area contributed by atoms with Crippen molar-refractivity contribution in [3.05, 3.63) is 42.1 Å². The minimum absolute atomic E-state index is 0.157. The first-order valence-electron chi connectivity index (χ1n) is 6.14. The van der Waals surface area contributed by atoms with Crippen LogP contribution in [-0.2, 0) is 6.54 Å². The summed E-state index contributed by atoms with van der Waals surface area (Å²) in [6.07, 6.45) is 1.84. The molecule has 0 aliphatic heterocycles. The fraction of sp³-hybridized carbons (Fsp3) is 0.400. The van der Waals surface area contributed by atoms with Gasteiger partial charge in [-0.2, -0.15) is 0 Å². The normalized spacial score (nSPS) is 12.3.